The van der Waals surface area contributed by atoms with Crippen molar-refractivity contribution in [3.8, 4) is 11.3 Å². The first kappa shape index (κ1) is 17.3. The zero-order valence-electron chi connectivity index (χ0n) is 14.9. The minimum atomic E-state index is 0.227. The summed E-state index contributed by atoms with van der Waals surface area (Å²) in [6.45, 7) is 2.09. The van der Waals surface area contributed by atoms with Gasteiger partial charge in [-0.05, 0) is 30.7 Å². The number of aliphatic imine (C=N–C) groups is 1. The largest absolute Gasteiger partial charge is 0.354 e. The average molecular weight is 380 g/mol. The quantitative estimate of drug-likeness (QED) is 0.277. The molecular weight excluding hydrogens is 362 g/mol. The van der Waals surface area contributed by atoms with E-state index in [0.29, 0.717) is 16.4 Å². The van der Waals surface area contributed by atoms with Crippen LogP contribution in [0.5, 0.6) is 0 Å². The summed E-state index contributed by atoms with van der Waals surface area (Å²) < 4.78 is 1.55. The highest BCUT2D eigenvalue weighted by Gasteiger charge is 2.14. The van der Waals surface area contributed by atoms with Gasteiger partial charge in [0.2, 0.25) is 0 Å². The van der Waals surface area contributed by atoms with Crippen LogP contribution in [0.2, 0.25) is 5.02 Å². The molecule has 2 heterocycles. The van der Waals surface area contributed by atoms with Gasteiger partial charge in [-0.2, -0.15) is 5.10 Å². The first-order valence-electron chi connectivity index (χ1n) is 8.42. The maximum Gasteiger partial charge on any atom is 0.177 e. The van der Waals surface area contributed by atoms with E-state index in [-0.39, 0.29) is 5.84 Å². The van der Waals surface area contributed by atoms with Gasteiger partial charge >= 0.3 is 0 Å². The van der Waals surface area contributed by atoms with Gasteiger partial charge in [-0.1, -0.05) is 41.9 Å². The first-order valence-corrected chi connectivity index (χ1v) is 8.80. The summed E-state index contributed by atoms with van der Waals surface area (Å²) in [5.74, 6) is 0.227. The lowest BCUT2D eigenvalue weighted by Crippen LogP contribution is -2.23. The number of halogens is 1. The van der Waals surface area contributed by atoms with Gasteiger partial charge in [0.15, 0.2) is 5.84 Å². The van der Waals surface area contributed by atoms with Crippen LogP contribution in [0.4, 0.5) is 5.69 Å². The summed E-state index contributed by atoms with van der Waals surface area (Å²) in [6, 6.07) is 16.2. The van der Waals surface area contributed by atoms with Gasteiger partial charge in [0.25, 0.3) is 0 Å². The van der Waals surface area contributed by atoms with Gasteiger partial charge in [-0.25, -0.2) is 4.99 Å². The fraction of sp³-hybridized carbons (Fsp3) is 0.100. The Bertz CT molecular complexity index is 1140. The molecule has 0 saturated carbocycles. The van der Waals surface area contributed by atoms with Crippen molar-refractivity contribution in [2.75, 3.05) is 0 Å². The SMILES string of the molecule is Cc1ccccc1-c1cc2ccc(N=C(NO)c3c(Cl)cnn3C)cc2[nH]1. The Labute approximate surface area is 161 Å². The van der Waals surface area contributed by atoms with Crippen LogP contribution >= 0.6 is 11.6 Å². The maximum atomic E-state index is 9.52. The number of hydroxylamine groups is 1. The van der Waals surface area contributed by atoms with Crippen molar-refractivity contribution in [1.82, 2.24) is 20.2 Å². The Morgan fingerprint density at radius 2 is 2.04 bits per heavy atom. The molecule has 0 aliphatic carbocycles. The monoisotopic (exact) mass is 379 g/mol. The summed E-state index contributed by atoms with van der Waals surface area (Å²) in [5, 5.41) is 15.1. The first-order chi connectivity index (χ1) is 13.1. The summed E-state index contributed by atoms with van der Waals surface area (Å²) in [4.78, 5) is 7.93. The van der Waals surface area contributed by atoms with E-state index in [1.54, 1.807) is 11.7 Å². The summed E-state index contributed by atoms with van der Waals surface area (Å²) in [5.41, 5.74) is 7.69. The lowest BCUT2D eigenvalue weighted by Gasteiger charge is -2.06. The van der Waals surface area contributed by atoms with Crippen molar-refractivity contribution in [2.45, 2.75) is 6.92 Å². The van der Waals surface area contributed by atoms with Gasteiger partial charge < -0.3 is 4.98 Å². The Hall–Kier alpha value is -3.09. The molecule has 6 nitrogen and oxygen atoms in total. The Morgan fingerprint density at radius 3 is 2.74 bits per heavy atom. The molecule has 0 spiro atoms. The van der Waals surface area contributed by atoms with E-state index in [0.717, 1.165) is 22.2 Å². The van der Waals surface area contributed by atoms with E-state index in [1.165, 1.54) is 11.8 Å². The second kappa shape index (κ2) is 6.90. The number of amidine groups is 1. The molecule has 0 fully saturated rings. The van der Waals surface area contributed by atoms with Crippen molar-refractivity contribution in [2.24, 2.45) is 12.0 Å². The minimum absolute atomic E-state index is 0.227. The molecule has 0 aliphatic heterocycles. The van der Waals surface area contributed by atoms with Crippen LogP contribution < -0.4 is 5.48 Å². The molecule has 2 aromatic heterocycles. The molecule has 4 rings (SSSR count). The van der Waals surface area contributed by atoms with Crippen LogP contribution in [0, 0.1) is 6.92 Å². The zero-order chi connectivity index (χ0) is 19.0. The molecule has 2 aromatic carbocycles. The second-order valence-electron chi connectivity index (χ2n) is 6.31. The molecule has 0 saturated heterocycles. The molecule has 136 valence electrons. The highest BCUT2D eigenvalue weighted by molar-refractivity contribution is 6.33. The fourth-order valence-corrected chi connectivity index (χ4v) is 3.40. The number of hydrogen-bond acceptors (Lipinski definition) is 3. The number of nitrogens with zero attached hydrogens (tertiary/aromatic N) is 3. The highest BCUT2D eigenvalue weighted by atomic mass is 35.5. The van der Waals surface area contributed by atoms with Crippen molar-refractivity contribution < 1.29 is 5.21 Å². The van der Waals surface area contributed by atoms with Crippen LogP contribution in [0.1, 0.15) is 11.3 Å². The van der Waals surface area contributed by atoms with Crippen molar-refractivity contribution in [3.05, 3.63) is 71.0 Å². The fourth-order valence-electron chi connectivity index (χ4n) is 3.14. The molecule has 4 aromatic rings. The normalized spacial score (nSPS) is 11.9. The van der Waals surface area contributed by atoms with E-state index in [1.807, 2.05) is 30.3 Å². The van der Waals surface area contributed by atoms with Gasteiger partial charge in [-0.15, -0.1) is 0 Å². The summed E-state index contributed by atoms with van der Waals surface area (Å²) in [6.07, 6.45) is 1.51. The molecule has 0 aliphatic rings. The number of aromatic amines is 1. The van der Waals surface area contributed by atoms with E-state index in [2.05, 4.69) is 45.7 Å². The van der Waals surface area contributed by atoms with E-state index < -0.39 is 0 Å². The number of aryl methyl sites for hydroxylation is 2. The minimum Gasteiger partial charge on any atom is -0.354 e. The zero-order valence-corrected chi connectivity index (χ0v) is 15.6. The van der Waals surface area contributed by atoms with Crippen molar-refractivity contribution in [1.29, 1.82) is 0 Å². The third kappa shape index (κ3) is 3.20. The highest BCUT2D eigenvalue weighted by Crippen LogP contribution is 2.29. The molecule has 0 unspecified atom stereocenters. The Kier molecular flexibility index (Phi) is 4.43. The van der Waals surface area contributed by atoms with E-state index in [4.69, 9.17) is 11.6 Å². The van der Waals surface area contributed by atoms with E-state index in [9.17, 15) is 5.21 Å². The van der Waals surface area contributed by atoms with Gasteiger partial charge in [0.05, 0.1) is 16.9 Å². The lowest BCUT2D eigenvalue weighted by atomic mass is 10.1. The molecule has 0 radical (unpaired) electrons. The third-order valence-corrected chi connectivity index (χ3v) is 4.78. The van der Waals surface area contributed by atoms with Crippen LogP contribution in [-0.2, 0) is 7.05 Å². The van der Waals surface area contributed by atoms with Crippen molar-refractivity contribution >= 4 is 34.0 Å². The maximum absolute atomic E-state index is 9.52. The topological polar surface area (TPSA) is 78.2 Å². The average Bonchev–Trinajstić information content (AvgIpc) is 3.23. The predicted molar refractivity (Wildman–Crippen MR) is 108 cm³/mol. The molecule has 0 amide bonds. The second-order valence-corrected chi connectivity index (χ2v) is 6.71. The van der Waals surface area contributed by atoms with Crippen molar-refractivity contribution in [3.63, 3.8) is 0 Å². The molecule has 7 heteroatoms. The molecule has 0 bridgehead atoms. The van der Waals surface area contributed by atoms with Crippen LogP contribution in [0.15, 0.2) is 59.7 Å². The number of hydrogen-bond donors (Lipinski definition) is 3. The van der Waals surface area contributed by atoms with Gasteiger partial charge in [-0.3, -0.25) is 15.4 Å². The van der Waals surface area contributed by atoms with Crippen LogP contribution in [0.3, 0.4) is 0 Å². The molecular formula is C20H18ClN5O. The van der Waals surface area contributed by atoms with Gasteiger partial charge in [0.1, 0.15) is 5.69 Å². The summed E-state index contributed by atoms with van der Waals surface area (Å²) in [7, 11) is 1.73. The van der Waals surface area contributed by atoms with Gasteiger partial charge in [0, 0.05) is 29.2 Å². The number of benzene rings is 2. The Balaban J connectivity index is 1.76. The molecule has 3 N–H and O–H groups in total. The van der Waals surface area contributed by atoms with E-state index >= 15 is 0 Å². The lowest BCUT2D eigenvalue weighted by molar-refractivity contribution is 0.234. The van der Waals surface area contributed by atoms with Crippen LogP contribution in [-0.4, -0.2) is 25.8 Å². The Morgan fingerprint density at radius 1 is 1.22 bits per heavy atom. The predicted octanol–water partition coefficient (Wildman–Crippen LogP) is 4.59. The molecule has 0 atom stereocenters. The number of fused-ring (bicyclic) bond motifs is 1. The number of rotatable bonds is 3. The number of nitrogens with one attached hydrogen (secondary N) is 2. The number of H-pyrrole nitrogens is 1. The number of aromatic nitrogens is 3. The summed E-state index contributed by atoms with van der Waals surface area (Å²) >= 11 is 6.14. The molecule has 27 heavy (non-hydrogen) atoms. The smallest absolute Gasteiger partial charge is 0.177 e. The van der Waals surface area contributed by atoms with Crippen LogP contribution in [0.25, 0.3) is 22.2 Å². The standard InChI is InChI=1S/C20H18ClN5O/c1-12-5-3-4-6-15(12)18-9-13-7-8-14(10-17(13)24-18)23-20(25-27)19-16(21)11-22-26(19)2/h3-11,24,27H,1-2H3,(H,23,25). The third-order valence-electron chi connectivity index (χ3n) is 4.51.